The molecule has 1 aliphatic rings. The van der Waals surface area contributed by atoms with E-state index in [-0.39, 0.29) is 0 Å². The minimum atomic E-state index is -1.93. The van der Waals surface area contributed by atoms with E-state index in [1.165, 1.54) is 0 Å². The number of carbonyl (C=O) groups excluding carboxylic acids is 2. The van der Waals surface area contributed by atoms with Gasteiger partial charge in [0.05, 0.1) is 38.6 Å². The van der Waals surface area contributed by atoms with Gasteiger partial charge in [0.25, 0.3) is 5.79 Å². The van der Waals surface area contributed by atoms with Crippen LogP contribution in [0.2, 0.25) is 0 Å². The van der Waals surface area contributed by atoms with Crippen molar-refractivity contribution in [2.75, 3.05) is 21.3 Å². The lowest BCUT2D eigenvalue weighted by molar-refractivity contribution is -0.185. The molecule has 10 heteroatoms. The van der Waals surface area contributed by atoms with Gasteiger partial charge in [-0.1, -0.05) is 18.2 Å². The van der Waals surface area contributed by atoms with Gasteiger partial charge in [-0.05, 0) is 96.8 Å². The Balaban J connectivity index is 0.000000309. The van der Waals surface area contributed by atoms with Crippen LogP contribution < -0.4 is 14.2 Å². The molecule has 6 rings (SSSR count). The van der Waals surface area contributed by atoms with Gasteiger partial charge in [-0.2, -0.15) is 8.75 Å². The molecule has 45 heavy (non-hydrogen) atoms. The molecule has 4 aromatic carbocycles. The van der Waals surface area contributed by atoms with Gasteiger partial charge in [0.1, 0.15) is 34.6 Å². The molecule has 0 saturated heterocycles. The topological polar surface area (TPSA) is 117 Å². The molecule has 1 N–H and O–H groups in total. The fraction of sp³-hybridized carbons (Fsp3) is 0.200. The first kappa shape index (κ1) is 31.4. The molecule has 5 aromatic rings. The summed E-state index contributed by atoms with van der Waals surface area (Å²) in [5, 5.41) is 11.8. The van der Waals surface area contributed by atoms with Gasteiger partial charge >= 0.3 is 5.97 Å². The number of carbonyl (C=O) groups is 2. The molecule has 9 nitrogen and oxygen atoms in total. The Kier molecular flexibility index (Phi) is 9.26. The lowest BCUT2D eigenvalue weighted by Crippen LogP contribution is -2.29. The van der Waals surface area contributed by atoms with E-state index in [4.69, 9.17) is 18.9 Å². The average Bonchev–Trinajstić information content (AvgIpc) is 3.62. The van der Waals surface area contributed by atoms with E-state index in [1.54, 1.807) is 75.9 Å². The van der Waals surface area contributed by atoms with Crippen molar-refractivity contribution in [3.05, 3.63) is 118 Å². The number of nitrogens with zero attached hydrogens (tertiary/aromatic N) is 2. The summed E-state index contributed by atoms with van der Waals surface area (Å²) in [5.74, 6) is -0.308. The molecule has 0 amide bonds. The smallest absolute Gasteiger partial charge is 0.342 e. The summed E-state index contributed by atoms with van der Waals surface area (Å²) >= 11 is 1.11. The Morgan fingerprint density at radius 3 is 2.11 bits per heavy atom. The zero-order chi connectivity index (χ0) is 32.1. The molecule has 1 unspecified atom stereocenters. The molecule has 0 bridgehead atoms. The standard InChI is InChI=1S/C26H22N2O5S.C9H10O2/c1-15-12-16(4-11-23(15)32-3)13-20-24(17-5-10-21-22(14-17)28-34-27-21)25(29)33-26(20,30)18-6-8-19(31-2)9-7-18;1-7-5-8(6-10)3-4-9(7)11-2/h4-12,14,30H,13H2,1-3H3;3-6H,1-2H3. The molecule has 0 fully saturated rings. The van der Waals surface area contributed by atoms with Crippen molar-refractivity contribution in [1.82, 2.24) is 8.75 Å². The molecule has 230 valence electrons. The highest BCUT2D eigenvalue weighted by Gasteiger charge is 2.48. The quantitative estimate of drug-likeness (QED) is 0.158. The maximum atomic E-state index is 13.2. The second-order valence-corrected chi connectivity index (χ2v) is 10.9. The van der Waals surface area contributed by atoms with Crippen LogP contribution in [-0.2, 0) is 21.7 Å². The first-order valence-electron chi connectivity index (χ1n) is 14.0. The number of hydrogen-bond acceptors (Lipinski definition) is 10. The number of hydrogen-bond donors (Lipinski definition) is 1. The number of benzene rings is 4. The zero-order valence-electron chi connectivity index (χ0n) is 25.5. The zero-order valence-corrected chi connectivity index (χ0v) is 26.3. The van der Waals surface area contributed by atoms with E-state index in [9.17, 15) is 14.7 Å². The minimum Gasteiger partial charge on any atom is -0.497 e. The van der Waals surface area contributed by atoms with Crippen LogP contribution in [0.1, 0.15) is 38.2 Å². The van der Waals surface area contributed by atoms with Gasteiger partial charge in [0.2, 0.25) is 0 Å². The Morgan fingerprint density at radius 2 is 1.49 bits per heavy atom. The number of esters is 1. The van der Waals surface area contributed by atoms with Crippen molar-refractivity contribution >= 4 is 40.6 Å². The van der Waals surface area contributed by atoms with Crippen LogP contribution >= 0.6 is 11.7 Å². The summed E-state index contributed by atoms with van der Waals surface area (Å²) in [6.45, 7) is 3.86. The third kappa shape index (κ3) is 6.43. The summed E-state index contributed by atoms with van der Waals surface area (Å²) in [7, 11) is 4.80. The Morgan fingerprint density at radius 1 is 0.822 bits per heavy atom. The number of aldehydes is 1. The number of aliphatic hydroxyl groups is 1. The lowest BCUT2D eigenvalue weighted by atomic mass is 9.87. The summed E-state index contributed by atoms with van der Waals surface area (Å²) in [6, 6.07) is 23.4. The maximum Gasteiger partial charge on any atom is 0.342 e. The molecule has 0 saturated carbocycles. The van der Waals surface area contributed by atoms with E-state index >= 15 is 0 Å². The van der Waals surface area contributed by atoms with Crippen molar-refractivity contribution in [3.8, 4) is 17.2 Å². The molecule has 2 heterocycles. The third-order valence-corrected chi connectivity index (χ3v) is 8.13. The van der Waals surface area contributed by atoms with E-state index < -0.39 is 11.8 Å². The van der Waals surface area contributed by atoms with Crippen LogP contribution in [0.15, 0.2) is 84.4 Å². The minimum absolute atomic E-state index is 0.293. The van der Waals surface area contributed by atoms with Crippen LogP contribution in [0.3, 0.4) is 0 Å². The number of aryl methyl sites for hydroxylation is 2. The Labute approximate surface area is 265 Å². The van der Waals surface area contributed by atoms with Crippen LogP contribution in [-0.4, -0.2) is 47.4 Å². The number of aromatic nitrogens is 2. The second-order valence-electron chi connectivity index (χ2n) is 10.4. The van der Waals surface area contributed by atoms with Gasteiger partial charge in [-0.3, -0.25) is 4.79 Å². The van der Waals surface area contributed by atoms with Gasteiger partial charge in [0.15, 0.2) is 0 Å². The predicted octanol–water partition coefficient (Wildman–Crippen LogP) is 6.23. The van der Waals surface area contributed by atoms with Crippen molar-refractivity contribution in [2.24, 2.45) is 0 Å². The highest BCUT2D eigenvalue weighted by atomic mass is 32.1. The summed E-state index contributed by atoms with van der Waals surface area (Å²) in [6.07, 6.45) is 1.12. The van der Waals surface area contributed by atoms with Crippen LogP contribution in [0.4, 0.5) is 0 Å². The highest BCUT2D eigenvalue weighted by Crippen LogP contribution is 2.45. The molecular formula is C35H32N2O7S. The Bertz CT molecular complexity index is 1900. The maximum absolute atomic E-state index is 13.2. The highest BCUT2D eigenvalue weighted by molar-refractivity contribution is 7.00. The Hall–Kier alpha value is -5.06. The summed E-state index contributed by atoms with van der Waals surface area (Å²) in [4.78, 5) is 23.5. The fourth-order valence-electron chi connectivity index (χ4n) is 5.26. The lowest BCUT2D eigenvalue weighted by Gasteiger charge is -2.26. The number of rotatable bonds is 8. The normalized spacial score (nSPS) is 15.7. The number of fused-ring (bicyclic) bond motifs is 1. The van der Waals surface area contributed by atoms with Crippen LogP contribution in [0.5, 0.6) is 17.2 Å². The van der Waals surface area contributed by atoms with Gasteiger partial charge < -0.3 is 24.1 Å². The van der Waals surface area contributed by atoms with Crippen LogP contribution in [0, 0.1) is 13.8 Å². The van der Waals surface area contributed by atoms with Crippen molar-refractivity contribution < 1.29 is 33.6 Å². The van der Waals surface area contributed by atoms with Crippen molar-refractivity contribution in [1.29, 1.82) is 0 Å². The van der Waals surface area contributed by atoms with E-state index in [2.05, 4.69) is 8.75 Å². The molecule has 0 radical (unpaired) electrons. The first-order valence-corrected chi connectivity index (χ1v) is 14.7. The molecular weight excluding hydrogens is 592 g/mol. The van der Waals surface area contributed by atoms with Gasteiger partial charge in [0, 0.05) is 23.1 Å². The predicted molar refractivity (Wildman–Crippen MR) is 172 cm³/mol. The first-order chi connectivity index (χ1) is 21.7. The molecule has 0 spiro atoms. The van der Waals surface area contributed by atoms with E-state index in [0.29, 0.717) is 45.5 Å². The van der Waals surface area contributed by atoms with E-state index in [1.807, 2.05) is 38.1 Å². The van der Waals surface area contributed by atoms with Crippen LogP contribution in [0.25, 0.3) is 16.6 Å². The van der Waals surface area contributed by atoms with Crippen molar-refractivity contribution in [3.63, 3.8) is 0 Å². The number of ether oxygens (including phenoxy) is 4. The molecule has 1 aromatic heterocycles. The average molecular weight is 625 g/mol. The monoisotopic (exact) mass is 624 g/mol. The molecule has 0 aliphatic carbocycles. The number of methoxy groups -OCH3 is 3. The van der Waals surface area contributed by atoms with Gasteiger partial charge in [-0.25, -0.2) is 4.79 Å². The molecule has 1 atom stereocenters. The number of cyclic esters (lactones) is 1. The second kappa shape index (κ2) is 13.3. The third-order valence-electron chi connectivity index (χ3n) is 7.57. The summed E-state index contributed by atoms with van der Waals surface area (Å²) < 4.78 is 29.9. The molecule has 1 aliphatic heterocycles. The van der Waals surface area contributed by atoms with E-state index in [0.717, 1.165) is 51.7 Å². The fourth-order valence-corrected chi connectivity index (χ4v) is 5.77. The SMILES string of the molecule is COc1ccc(C2(O)OC(=O)C(c3ccc4nsnc4c3)=C2Cc2ccc(OC)c(C)c2)cc1.COc1ccc(C=O)cc1C. The largest absolute Gasteiger partial charge is 0.497 e. The van der Waals surface area contributed by atoms with Crippen molar-refractivity contribution in [2.45, 2.75) is 26.1 Å². The van der Waals surface area contributed by atoms with Gasteiger partial charge in [-0.15, -0.1) is 0 Å². The summed E-state index contributed by atoms with van der Waals surface area (Å²) in [5.41, 5.74) is 6.79.